The highest BCUT2D eigenvalue weighted by Gasteiger charge is 2.30. The van der Waals surface area contributed by atoms with E-state index in [9.17, 15) is 20.4 Å². The zero-order valence-corrected chi connectivity index (χ0v) is 25.4. The molecular weight excluding hydrogens is 631 g/mol. The maximum Gasteiger partial charge on any atom is 0.222 e. The van der Waals surface area contributed by atoms with E-state index < -0.39 is 25.4 Å². The Bertz CT molecular complexity index is 1470. The minimum atomic E-state index is -1.38. The van der Waals surface area contributed by atoms with E-state index in [1.165, 1.54) is 12.4 Å². The van der Waals surface area contributed by atoms with Crippen molar-refractivity contribution < 1.29 is 35.0 Å². The third-order valence-corrected chi connectivity index (χ3v) is 6.46. The molecule has 0 aliphatic rings. The molecule has 1 atom stereocenters. The lowest BCUT2D eigenvalue weighted by Gasteiger charge is -2.29. The smallest absolute Gasteiger partial charge is 0.222 e. The first kappa shape index (κ1) is 35.3. The fourth-order valence-corrected chi connectivity index (χ4v) is 3.70. The third-order valence-electron chi connectivity index (χ3n) is 5.96. The van der Waals surface area contributed by atoms with Crippen LogP contribution in [0.25, 0.3) is 0 Å². The minimum absolute atomic E-state index is 0.0290. The first-order valence-electron chi connectivity index (χ1n) is 13.3. The van der Waals surface area contributed by atoms with Crippen LogP contribution in [0.1, 0.15) is 6.42 Å². The minimum Gasteiger partial charge on any atom is -0.452 e. The predicted octanol–water partition coefficient (Wildman–Crippen LogP) is 2.29. The van der Waals surface area contributed by atoms with Gasteiger partial charge in [-0.15, -0.1) is 0 Å². The molecule has 0 aliphatic carbocycles. The lowest BCUT2D eigenvalue weighted by molar-refractivity contribution is 0.0829. The topological polar surface area (TPSA) is 247 Å². The molecular formula is C28H34Cl2N8O7. The number of anilines is 4. The number of ether oxygens (including phenoxy) is 2. The second-order valence-electron chi connectivity index (χ2n) is 9.41. The van der Waals surface area contributed by atoms with Crippen LogP contribution >= 0.6 is 23.2 Å². The number of nitrogens with one attached hydrogen (secondary N) is 2. The quantitative estimate of drug-likeness (QED) is 0.0938. The van der Waals surface area contributed by atoms with Crippen LogP contribution in [0.15, 0.2) is 60.9 Å². The van der Waals surface area contributed by atoms with Crippen molar-refractivity contribution in [2.24, 2.45) is 0 Å². The Labute approximate surface area is 268 Å². The van der Waals surface area contributed by atoms with Crippen LogP contribution in [-0.4, -0.2) is 90.1 Å². The first-order valence-corrected chi connectivity index (χ1v) is 14.1. The van der Waals surface area contributed by atoms with Crippen LogP contribution in [0.4, 0.5) is 23.5 Å². The maximum atomic E-state index is 9.41. The fourth-order valence-electron chi connectivity index (χ4n) is 3.45. The van der Waals surface area contributed by atoms with Gasteiger partial charge in [-0.3, -0.25) is 0 Å². The van der Waals surface area contributed by atoms with Gasteiger partial charge in [-0.2, -0.15) is 9.97 Å². The van der Waals surface area contributed by atoms with Crippen LogP contribution in [0.5, 0.6) is 23.0 Å². The van der Waals surface area contributed by atoms with Crippen LogP contribution in [0.2, 0.25) is 10.0 Å². The first-order chi connectivity index (χ1) is 21.6. The molecule has 0 amide bonds. The Morgan fingerprint density at radius 3 is 1.58 bits per heavy atom. The molecule has 4 aromatic rings. The van der Waals surface area contributed by atoms with E-state index in [-0.39, 0.29) is 42.7 Å². The number of nitrogens with two attached hydrogens (primary N) is 2. The van der Waals surface area contributed by atoms with Crippen molar-refractivity contribution in [2.75, 3.05) is 55.1 Å². The zero-order chi connectivity index (χ0) is 32.8. The summed E-state index contributed by atoms with van der Waals surface area (Å²) in [5, 5.41) is 53.4. The highest BCUT2D eigenvalue weighted by molar-refractivity contribution is 6.30. The van der Waals surface area contributed by atoms with E-state index in [1.807, 2.05) is 0 Å². The lowest BCUT2D eigenvalue weighted by Crippen LogP contribution is -2.49. The third kappa shape index (κ3) is 10.7. The average Bonchev–Trinajstić information content (AvgIpc) is 3.04. The maximum absolute atomic E-state index is 9.41. The van der Waals surface area contributed by atoms with Crippen molar-refractivity contribution in [3.05, 3.63) is 71.0 Å². The number of halogens is 2. The van der Waals surface area contributed by atoms with Gasteiger partial charge >= 0.3 is 0 Å². The van der Waals surface area contributed by atoms with Gasteiger partial charge in [-0.05, 0) is 55.0 Å². The number of nitrogen functional groups attached to an aromatic ring is 2. The molecule has 0 radical (unpaired) electrons. The van der Waals surface area contributed by atoms with Crippen LogP contribution in [-0.2, 0) is 0 Å². The van der Waals surface area contributed by atoms with E-state index >= 15 is 0 Å². The lowest BCUT2D eigenvalue weighted by atomic mass is 10.0. The summed E-state index contributed by atoms with van der Waals surface area (Å²) in [4.78, 5) is 15.8. The monoisotopic (exact) mass is 664 g/mol. The molecule has 0 saturated carbocycles. The second-order valence-corrected chi connectivity index (χ2v) is 10.3. The van der Waals surface area contributed by atoms with Crippen molar-refractivity contribution in [3.8, 4) is 23.0 Å². The molecule has 2 aromatic carbocycles. The van der Waals surface area contributed by atoms with Gasteiger partial charge in [0.1, 0.15) is 17.0 Å². The van der Waals surface area contributed by atoms with Gasteiger partial charge in [-0.25, -0.2) is 9.97 Å². The van der Waals surface area contributed by atoms with E-state index in [0.717, 1.165) is 0 Å². The van der Waals surface area contributed by atoms with Crippen molar-refractivity contribution >= 4 is 46.7 Å². The predicted molar refractivity (Wildman–Crippen MR) is 170 cm³/mol. The normalized spacial score (nSPS) is 11.6. The average molecular weight is 666 g/mol. The molecule has 0 saturated heterocycles. The molecule has 17 heteroatoms. The summed E-state index contributed by atoms with van der Waals surface area (Å²) in [6, 6.07) is 13.1. The molecule has 1 unspecified atom stereocenters. The highest BCUT2D eigenvalue weighted by atomic mass is 35.5. The molecule has 45 heavy (non-hydrogen) atoms. The molecule has 242 valence electrons. The van der Waals surface area contributed by atoms with Gasteiger partial charge < -0.3 is 57.1 Å². The fraction of sp³-hybridized carbons (Fsp3) is 0.286. The van der Waals surface area contributed by atoms with Gasteiger partial charge in [0.25, 0.3) is 0 Å². The molecule has 0 spiro atoms. The Morgan fingerprint density at radius 1 is 0.711 bits per heavy atom. The molecule has 11 N–H and O–H groups in total. The van der Waals surface area contributed by atoms with Gasteiger partial charge in [0.2, 0.25) is 11.9 Å². The van der Waals surface area contributed by atoms with Gasteiger partial charge in [0.05, 0.1) is 44.9 Å². The van der Waals surface area contributed by atoms with Gasteiger partial charge in [0.15, 0.2) is 23.1 Å². The Morgan fingerprint density at radius 2 is 1.16 bits per heavy atom. The number of aliphatic hydroxyl groups is 5. The largest absolute Gasteiger partial charge is 0.452 e. The van der Waals surface area contributed by atoms with Gasteiger partial charge in [0, 0.05) is 16.7 Å². The molecule has 2 aromatic heterocycles. The molecule has 2 heterocycles. The number of aromatic nitrogens is 4. The van der Waals surface area contributed by atoms with E-state index in [1.54, 1.807) is 48.5 Å². The van der Waals surface area contributed by atoms with E-state index in [2.05, 4.69) is 30.6 Å². The number of aliphatic hydroxyl groups excluding tert-OH is 5. The summed E-state index contributed by atoms with van der Waals surface area (Å²) in [6.45, 7) is -1.80. The summed E-state index contributed by atoms with van der Waals surface area (Å²) in [7, 11) is 0. The summed E-state index contributed by atoms with van der Waals surface area (Å²) < 4.78 is 11.3. The second kappa shape index (κ2) is 17.3. The van der Waals surface area contributed by atoms with Crippen molar-refractivity contribution in [2.45, 2.75) is 18.0 Å². The molecule has 4 rings (SSSR count). The Hall–Kier alpha value is -4.22. The molecule has 15 nitrogen and oxygen atoms in total. The van der Waals surface area contributed by atoms with Crippen LogP contribution < -0.4 is 31.6 Å². The number of hydrogen-bond donors (Lipinski definition) is 9. The standard InChI is InChI=1S/C14H17ClN4O4.C14H17ClN4O3/c15-9-1-3-10(4-2-9)23-11-5-17-13(16)18-12(11)19-14(6-20,7-21)8-22;15-9-1-3-11(4-2-9)22-12-7-17-14(16)19-13(12)18-10(8-21)5-6-20/h1-5,20-22H,6-8H2,(H3,16,17,18,19);1-4,7,10,20-21H,5-6,8H2,(H3,16,17,18,19). The number of hydrogen-bond acceptors (Lipinski definition) is 15. The number of rotatable bonds is 14. The van der Waals surface area contributed by atoms with Crippen molar-refractivity contribution in [1.29, 1.82) is 0 Å². The molecule has 0 aliphatic heterocycles. The summed E-state index contributed by atoms with van der Waals surface area (Å²) >= 11 is 11.6. The van der Waals surface area contributed by atoms with E-state index in [0.29, 0.717) is 39.5 Å². The number of benzene rings is 2. The molecule has 0 fully saturated rings. The summed E-state index contributed by atoms with van der Waals surface area (Å²) in [5.41, 5.74) is 9.77. The van der Waals surface area contributed by atoms with Gasteiger partial charge in [-0.1, -0.05) is 23.2 Å². The SMILES string of the molecule is Nc1ncc(Oc2ccc(Cl)cc2)c(NC(CO)(CO)CO)n1.Nc1ncc(Oc2ccc(Cl)cc2)c(NC(CO)CCO)n1. The van der Waals surface area contributed by atoms with Crippen molar-refractivity contribution in [1.82, 2.24) is 19.9 Å². The molecule has 0 bridgehead atoms. The highest BCUT2D eigenvalue weighted by Crippen LogP contribution is 2.31. The Kier molecular flexibility index (Phi) is 13.6. The van der Waals surface area contributed by atoms with E-state index in [4.69, 9.17) is 49.2 Å². The van der Waals surface area contributed by atoms with Crippen LogP contribution in [0.3, 0.4) is 0 Å². The summed E-state index contributed by atoms with van der Waals surface area (Å²) in [5.74, 6) is 2.12. The Balaban J connectivity index is 0.000000246. The van der Waals surface area contributed by atoms with Crippen LogP contribution in [0, 0.1) is 0 Å². The van der Waals surface area contributed by atoms with Crippen molar-refractivity contribution in [3.63, 3.8) is 0 Å². The zero-order valence-electron chi connectivity index (χ0n) is 23.8. The summed E-state index contributed by atoms with van der Waals surface area (Å²) in [6.07, 6.45) is 3.14. The number of nitrogens with zero attached hydrogens (tertiary/aromatic N) is 4.